The molecule has 8 heteroatoms. The van der Waals surface area contributed by atoms with Gasteiger partial charge in [0, 0.05) is 23.6 Å². The van der Waals surface area contributed by atoms with E-state index in [1.807, 2.05) is 0 Å². The highest BCUT2D eigenvalue weighted by Gasteiger charge is 2.28. The second-order valence-electron chi connectivity index (χ2n) is 6.61. The Morgan fingerprint density at radius 3 is 2.21 bits per heavy atom. The molecule has 3 amide bonds. The summed E-state index contributed by atoms with van der Waals surface area (Å²) in [6, 6.07) is 12.9. The van der Waals surface area contributed by atoms with Crippen molar-refractivity contribution in [3.8, 4) is 0 Å². The van der Waals surface area contributed by atoms with Crippen LogP contribution in [0, 0.1) is 0 Å². The van der Waals surface area contributed by atoms with Gasteiger partial charge in [0.15, 0.2) is 6.10 Å². The van der Waals surface area contributed by atoms with Crippen LogP contribution in [0.15, 0.2) is 48.5 Å². The zero-order valence-electron chi connectivity index (χ0n) is 15.7. The molecular formula is C21H19ClN2O5. The third kappa shape index (κ3) is 5.20. The SMILES string of the molecule is CC(OC(=O)c1ccc(CN2C(=O)CCC2=O)cc1)C(=O)Nc1ccc(Cl)cc1. The fourth-order valence-electron chi connectivity index (χ4n) is 2.79. The van der Waals surface area contributed by atoms with Gasteiger partial charge in [0.05, 0.1) is 12.1 Å². The number of rotatable bonds is 6. The van der Waals surface area contributed by atoms with Crippen molar-refractivity contribution in [1.82, 2.24) is 4.90 Å². The van der Waals surface area contributed by atoms with E-state index in [-0.39, 0.29) is 36.8 Å². The maximum Gasteiger partial charge on any atom is 0.338 e. The number of anilines is 1. The van der Waals surface area contributed by atoms with Crippen LogP contribution in [0.5, 0.6) is 0 Å². The van der Waals surface area contributed by atoms with Crippen molar-refractivity contribution in [2.24, 2.45) is 0 Å². The second kappa shape index (κ2) is 8.87. The van der Waals surface area contributed by atoms with Crippen LogP contribution in [-0.2, 0) is 25.7 Å². The molecule has 1 N–H and O–H groups in total. The molecule has 1 saturated heterocycles. The minimum absolute atomic E-state index is 0.174. The number of ether oxygens (including phenoxy) is 1. The fourth-order valence-corrected chi connectivity index (χ4v) is 2.91. The standard InChI is InChI=1S/C21H19ClN2O5/c1-13(20(27)23-17-8-6-16(22)7-9-17)29-21(28)15-4-2-14(3-5-15)12-24-18(25)10-11-19(24)26/h2-9,13H,10-12H2,1H3,(H,23,27). The molecule has 1 heterocycles. The predicted molar refractivity (Wildman–Crippen MR) is 106 cm³/mol. The highest BCUT2D eigenvalue weighted by Crippen LogP contribution is 2.17. The molecule has 1 atom stereocenters. The van der Waals surface area contributed by atoms with Gasteiger partial charge in [-0.3, -0.25) is 19.3 Å². The number of hydrogen-bond acceptors (Lipinski definition) is 5. The van der Waals surface area contributed by atoms with E-state index in [1.165, 1.54) is 24.0 Å². The number of esters is 1. The number of hydrogen-bond donors (Lipinski definition) is 1. The van der Waals surface area contributed by atoms with E-state index < -0.39 is 18.0 Å². The van der Waals surface area contributed by atoms with Crippen molar-refractivity contribution in [1.29, 1.82) is 0 Å². The summed E-state index contributed by atoms with van der Waals surface area (Å²) in [5.41, 5.74) is 1.52. The lowest BCUT2D eigenvalue weighted by Crippen LogP contribution is -2.30. The number of benzene rings is 2. The van der Waals surface area contributed by atoms with Gasteiger partial charge in [-0.25, -0.2) is 4.79 Å². The van der Waals surface area contributed by atoms with Gasteiger partial charge in [-0.15, -0.1) is 0 Å². The summed E-state index contributed by atoms with van der Waals surface area (Å²) < 4.78 is 5.21. The third-order valence-corrected chi connectivity index (χ3v) is 4.70. The van der Waals surface area contributed by atoms with Gasteiger partial charge in [-0.1, -0.05) is 23.7 Å². The van der Waals surface area contributed by atoms with Crippen LogP contribution >= 0.6 is 11.6 Å². The summed E-state index contributed by atoms with van der Waals surface area (Å²) >= 11 is 5.80. The average Bonchev–Trinajstić information content (AvgIpc) is 3.02. The Labute approximate surface area is 172 Å². The normalized spacial score (nSPS) is 14.6. The zero-order valence-corrected chi connectivity index (χ0v) is 16.4. The Balaban J connectivity index is 1.55. The lowest BCUT2D eigenvalue weighted by molar-refractivity contribution is -0.139. The molecule has 150 valence electrons. The summed E-state index contributed by atoms with van der Waals surface area (Å²) in [4.78, 5) is 49.0. The zero-order chi connectivity index (χ0) is 21.0. The van der Waals surface area contributed by atoms with Crippen LogP contribution in [0.2, 0.25) is 5.02 Å². The third-order valence-electron chi connectivity index (χ3n) is 4.45. The first-order chi connectivity index (χ1) is 13.8. The van der Waals surface area contributed by atoms with Gasteiger partial charge in [0.25, 0.3) is 5.91 Å². The highest BCUT2D eigenvalue weighted by molar-refractivity contribution is 6.30. The molecule has 0 saturated carbocycles. The number of carbonyl (C=O) groups is 4. The van der Waals surface area contributed by atoms with E-state index in [0.717, 1.165) is 5.56 Å². The van der Waals surface area contributed by atoms with Crippen LogP contribution in [0.4, 0.5) is 5.69 Å². The van der Waals surface area contributed by atoms with Gasteiger partial charge in [0.2, 0.25) is 11.8 Å². The molecule has 29 heavy (non-hydrogen) atoms. The topological polar surface area (TPSA) is 92.8 Å². The molecule has 2 aromatic carbocycles. The highest BCUT2D eigenvalue weighted by atomic mass is 35.5. The molecule has 0 bridgehead atoms. The molecule has 2 aromatic rings. The van der Waals surface area contributed by atoms with Crippen molar-refractivity contribution < 1.29 is 23.9 Å². The Bertz CT molecular complexity index is 925. The molecule has 0 aromatic heterocycles. The summed E-state index contributed by atoms with van der Waals surface area (Å²) in [7, 11) is 0. The molecule has 3 rings (SSSR count). The Hall–Kier alpha value is -3.19. The first-order valence-electron chi connectivity index (χ1n) is 9.03. The van der Waals surface area contributed by atoms with Gasteiger partial charge >= 0.3 is 5.97 Å². The minimum atomic E-state index is -1.00. The first kappa shape index (κ1) is 20.5. The quantitative estimate of drug-likeness (QED) is 0.579. The number of nitrogens with one attached hydrogen (secondary N) is 1. The van der Waals surface area contributed by atoms with Crippen molar-refractivity contribution in [2.75, 3.05) is 5.32 Å². The minimum Gasteiger partial charge on any atom is -0.449 e. The van der Waals surface area contributed by atoms with Gasteiger partial charge in [-0.2, -0.15) is 0 Å². The maximum atomic E-state index is 12.3. The van der Waals surface area contributed by atoms with Crippen LogP contribution in [-0.4, -0.2) is 34.7 Å². The monoisotopic (exact) mass is 414 g/mol. The number of imide groups is 1. The van der Waals surface area contributed by atoms with Crippen molar-refractivity contribution >= 4 is 41.0 Å². The summed E-state index contributed by atoms with van der Waals surface area (Å²) in [5.74, 6) is -1.51. The molecule has 0 radical (unpaired) electrons. The van der Waals surface area contributed by atoms with Gasteiger partial charge in [-0.05, 0) is 48.9 Å². The second-order valence-corrected chi connectivity index (χ2v) is 7.05. The van der Waals surface area contributed by atoms with Crippen LogP contribution in [0.1, 0.15) is 35.7 Å². The van der Waals surface area contributed by atoms with E-state index in [9.17, 15) is 19.2 Å². The van der Waals surface area contributed by atoms with E-state index in [4.69, 9.17) is 16.3 Å². The summed E-state index contributed by atoms with van der Waals surface area (Å²) in [6.45, 7) is 1.65. The molecule has 1 aliphatic heterocycles. The first-order valence-corrected chi connectivity index (χ1v) is 9.41. The van der Waals surface area contributed by atoms with Crippen molar-refractivity contribution in [3.63, 3.8) is 0 Å². The van der Waals surface area contributed by atoms with Crippen LogP contribution in [0.3, 0.4) is 0 Å². The number of carbonyl (C=O) groups excluding carboxylic acids is 4. The Morgan fingerprint density at radius 2 is 1.62 bits per heavy atom. The maximum absolute atomic E-state index is 12.3. The molecule has 1 fully saturated rings. The van der Waals surface area contributed by atoms with E-state index in [2.05, 4.69) is 5.32 Å². The molecule has 0 aliphatic carbocycles. The summed E-state index contributed by atoms with van der Waals surface area (Å²) in [5, 5.41) is 3.19. The number of halogens is 1. The molecule has 7 nitrogen and oxygen atoms in total. The van der Waals surface area contributed by atoms with Crippen molar-refractivity contribution in [2.45, 2.75) is 32.4 Å². The van der Waals surface area contributed by atoms with E-state index >= 15 is 0 Å². The van der Waals surface area contributed by atoms with E-state index in [0.29, 0.717) is 10.7 Å². The predicted octanol–water partition coefficient (Wildman–Crippen LogP) is 3.17. The number of nitrogens with zero attached hydrogens (tertiary/aromatic N) is 1. The molecular weight excluding hydrogens is 396 g/mol. The summed E-state index contributed by atoms with van der Waals surface area (Å²) in [6.07, 6.45) is -0.531. The largest absolute Gasteiger partial charge is 0.449 e. The number of amides is 3. The van der Waals surface area contributed by atoms with Gasteiger partial charge < -0.3 is 10.1 Å². The molecule has 1 aliphatic rings. The molecule has 0 spiro atoms. The Morgan fingerprint density at radius 1 is 1.03 bits per heavy atom. The lowest BCUT2D eigenvalue weighted by Gasteiger charge is -2.15. The average molecular weight is 415 g/mol. The Kier molecular flexibility index (Phi) is 6.29. The van der Waals surface area contributed by atoms with Crippen LogP contribution < -0.4 is 5.32 Å². The molecule has 1 unspecified atom stereocenters. The number of likely N-dealkylation sites (tertiary alicyclic amines) is 1. The lowest BCUT2D eigenvalue weighted by atomic mass is 10.1. The fraction of sp³-hybridized carbons (Fsp3) is 0.238. The van der Waals surface area contributed by atoms with Crippen molar-refractivity contribution in [3.05, 3.63) is 64.7 Å². The van der Waals surface area contributed by atoms with Gasteiger partial charge in [0.1, 0.15) is 0 Å². The van der Waals surface area contributed by atoms with Crippen LogP contribution in [0.25, 0.3) is 0 Å². The smallest absolute Gasteiger partial charge is 0.338 e. The van der Waals surface area contributed by atoms with E-state index in [1.54, 1.807) is 36.4 Å².